The lowest BCUT2D eigenvalue weighted by molar-refractivity contribution is 0.0687. The zero-order valence-electron chi connectivity index (χ0n) is 9.53. The molecule has 0 radical (unpaired) electrons. The summed E-state index contributed by atoms with van der Waals surface area (Å²) in [5.74, 6) is -0.496. The predicted molar refractivity (Wildman–Crippen MR) is 62.5 cm³/mol. The van der Waals surface area contributed by atoms with Crippen molar-refractivity contribution in [2.24, 2.45) is 0 Å². The van der Waals surface area contributed by atoms with Crippen LogP contribution in [0.5, 0.6) is 5.75 Å². The van der Waals surface area contributed by atoms with E-state index in [1.807, 2.05) is 0 Å². The van der Waals surface area contributed by atoms with Crippen LogP contribution in [0.15, 0.2) is 30.3 Å². The van der Waals surface area contributed by atoms with Crippen molar-refractivity contribution in [3.05, 3.63) is 41.7 Å². The molecule has 0 amide bonds. The molecule has 0 saturated heterocycles. The van der Waals surface area contributed by atoms with Crippen molar-refractivity contribution in [1.82, 2.24) is 9.78 Å². The van der Waals surface area contributed by atoms with E-state index in [9.17, 15) is 9.59 Å². The fourth-order valence-corrected chi connectivity index (χ4v) is 1.53. The molecule has 0 bridgehead atoms. The quantitative estimate of drug-likeness (QED) is 0.824. The summed E-state index contributed by atoms with van der Waals surface area (Å²) in [6.45, 7) is 0. The Morgan fingerprint density at radius 2 is 2.06 bits per heavy atom. The molecule has 1 aromatic heterocycles. The Kier molecular flexibility index (Phi) is 3.09. The molecule has 0 saturated carbocycles. The van der Waals surface area contributed by atoms with Gasteiger partial charge in [-0.05, 0) is 24.3 Å². The first kappa shape index (κ1) is 11.8. The Balaban J connectivity index is 2.51. The van der Waals surface area contributed by atoms with Gasteiger partial charge in [0.25, 0.3) is 0 Å². The predicted octanol–water partition coefficient (Wildman–Crippen LogP) is 1.39. The van der Waals surface area contributed by atoms with Crippen molar-refractivity contribution >= 4 is 12.3 Å². The van der Waals surface area contributed by atoms with E-state index >= 15 is 0 Å². The molecule has 2 rings (SSSR count). The Bertz CT molecular complexity index is 587. The fraction of sp³-hybridized carbons (Fsp3) is 0.0833. The van der Waals surface area contributed by atoms with Crippen LogP contribution in [0, 0.1) is 0 Å². The lowest BCUT2D eigenvalue weighted by Gasteiger charge is -2.05. The van der Waals surface area contributed by atoms with Crippen molar-refractivity contribution in [2.75, 3.05) is 7.11 Å². The first-order chi connectivity index (χ1) is 8.65. The number of carbonyl (C=O) groups is 2. The van der Waals surface area contributed by atoms with E-state index in [0.29, 0.717) is 17.7 Å². The molecule has 0 atom stereocenters. The van der Waals surface area contributed by atoms with Crippen molar-refractivity contribution in [3.63, 3.8) is 0 Å². The molecule has 0 aliphatic carbocycles. The summed E-state index contributed by atoms with van der Waals surface area (Å²) in [5.41, 5.74) is 0.548. The maximum Gasteiger partial charge on any atom is 0.354 e. The van der Waals surface area contributed by atoms with Gasteiger partial charge in [0.15, 0.2) is 12.0 Å². The molecule has 18 heavy (non-hydrogen) atoms. The van der Waals surface area contributed by atoms with Crippen LogP contribution in [0.2, 0.25) is 0 Å². The number of nitrogens with zero attached hydrogens (tertiary/aromatic N) is 2. The molecule has 92 valence electrons. The Labute approximate surface area is 102 Å². The Morgan fingerprint density at radius 3 is 2.56 bits per heavy atom. The first-order valence-corrected chi connectivity index (χ1v) is 5.08. The lowest BCUT2D eigenvalue weighted by atomic mass is 10.3. The van der Waals surface area contributed by atoms with E-state index in [1.54, 1.807) is 24.3 Å². The number of hydrogen-bond acceptors (Lipinski definition) is 4. The maximum atomic E-state index is 11.0. The van der Waals surface area contributed by atoms with Crippen molar-refractivity contribution in [3.8, 4) is 11.4 Å². The highest BCUT2D eigenvalue weighted by Gasteiger charge is 2.15. The summed E-state index contributed by atoms with van der Waals surface area (Å²) < 4.78 is 6.21. The summed E-state index contributed by atoms with van der Waals surface area (Å²) >= 11 is 0. The van der Waals surface area contributed by atoms with Crippen molar-refractivity contribution in [2.45, 2.75) is 0 Å². The summed E-state index contributed by atoms with van der Waals surface area (Å²) in [4.78, 5) is 21.7. The fourth-order valence-electron chi connectivity index (χ4n) is 1.53. The van der Waals surface area contributed by atoms with Crippen LogP contribution < -0.4 is 4.74 Å². The molecule has 0 aliphatic heterocycles. The van der Waals surface area contributed by atoms with Gasteiger partial charge in [0.1, 0.15) is 11.4 Å². The zero-order chi connectivity index (χ0) is 13.1. The van der Waals surface area contributed by atoms with E-state index in [-0.39, 0.29) is 11.4 Å². The molecule has 0 fully saturated rings. The third-order valence-electron chi connectivity index (χ3n) is 2.39. The number of carboxylic acid groups (broad SMARTS) is 1. The molecule has 6 heteroatoms. The SMILES string of the molecule is COc1ccc(-n2nc(C=O)cc2C(=O)O)cc1. The smallest absolute Gasteiger partial charge is 0.354 e. The van der Waals surface area contributed by atoms with Crippen LogP contribution >= 0.6 is 0 Å². The molecular weight excluding hydrogens is 236 g/mol. The molecule has 6 nitrogen and oxygen atoms in total. The maximum absolute atomic E-state index is 11.0. The van der Waals surface area contributed by atoms with Gasteiger partial charge in [0.2, 0.25) is 0 Å². The second-order valence-corrected chi connectivity index (χ2v) is 3.49. The molecule has 0 aliphatic rings. The number of benzene rings is 1. The number of carboxylic acids is 1. The van der Waals surface area contributed by atoms with Gasteiger partial charge in [-0.2, -0.15) is 5.10 Å². The average molecular weight is 246 g/mol. The Hall–Kier alpha value is -2.63. The van der Waals surface area contributed by atoms with Gasteiger partial charge in [0.05, 0.1) is 12.8 Å². The number of aldehydes is 1. The summed E-state index contributed by atoms with van der Waals surface area (Å²) in [6, 6.07) is 7.91. The molecule has 0 spiro atoms. The summed E-state index contributed by atoms with van der Waals surface area (Å²) in [7, 11) is 1.54. The number of aromatic carboxylic acids is 1. The molecule has 1 N–H and O–H groups in total. The van der Waals surface area contributed by atoms with E-state index in [1.165, 1.54) is 17.9 Å². The zero-order valence-corrected chi connectivity index (χ0v) is 9.53. The van der Waals surface area contributed by atoms with Gasteiger partial charge in [-0.1, -0.05) is 0 Å². The number of rotatable bonds is 4. The molecular formula is C12H10N2O4. The van der Waals surface area contributed by atoms with Gasteiger partial charge in [-0.25, -0.2) is 9.48 Å². The monoisotopic (exact) mass is 246 g/mol. The van der Waals surface area contributed by atoms with Crippen LogP contribution in [0.4, 0.5) is 0 Å². The molecule has 2 aromatic rings. The van der Waals surface area contributed by atoms with E-state index < -0.39 is 5.97 Å². The van der Waals surface area contributed by atoms with Gasteiger partial charge in [-0.15, -0.1) is 0 Å². The van der Waals surface area contributed by atoms with Crippen LogP contribution in [0.1, 0.15) is 21.0 Å². The van der Waals surface area contributed by atoms with Gasteiger partial charge >= 0.3 is 5.97 Å². The van der Waals surface area contributed by atoms with Crippen molar-refractivity contribution < 1.29 is 19.4 Å². The second kappa shape index (κ2) is 4.70. The standard InChI is InChI=1S/C12H10N2O4/c1-18-10-4-2-9(3-5-10)14-11(12(16)17)6-8(7-15)13-14/h2-7H,1H3,(H,16,17). The summed E-state index contributed by atoms with van der Waals surface area (Å²) in [5, 5.41) is 12.9. The van der Waals surface area contributed by atoms with E-state index in [2.05, 4.69) is 5.10 Å². The highest BCUT2D eigenvalue weighted by Crippen LogP contribution is 2.16. The van der Waals surface area contributed by atoms with E-state index in [0.717, 1.165) is 0 Å². The number of ether oxygens (including phenoxy) is 1. The topological polar surface area (TPSA) is 81.4 Å². The number of methoxy groups -OCH3 is 1. The van der Waals surface area contributed by atoms with Crippen LogP contribution in [-0.4, -0.2) is 34.3 Å². The van der Waals surface area contributed by atoms with Gasteiger partial charge in [-0.3, -0.25) is 4.79 Å². The molecule has 1 heterocycles. The third-order valence-corrected chi connectivity index (χ3v) is 2.39. The van der Waals surface area contributed by atoms with Crippen LogP contribution in [0.3, 0.4) is 0 Å². The lowest BCUT2D eigenvalue weighted by Crippen LogP contribution is -2.07. The highest BCUT2D eigenvalue weighted by molar-refractivity contribution is 5.88. The Morgan fingerprint density at radius 1 is 1.39 bits per heavy atom. The van der Waals surface area contributed by atoms with Crippen molar-refractivity contribution in [1.29, 1.82) is 0 Å². The number of aromatic nitrogens is 2. The van der Waals surface area contributed by atoms with Gasteiger partial charge in [0, 0.05) is 6.07 Å². The number of carbonyl (C=O) groups excluding carboxylic acids is 1. The average Bonchev–Trinajstić information content (AvgIpc) is 2.83. The minimum Gasteiger partial charge on any atom is -0.497 e. The highest BCUT2D eigenvalue weighted by atomic mass is 16.5. The number of hydrogen-bond donors (Lipinski definition) is 1. The normalized spacial score (nSPS) is 10.1. The minimum atomic E-state index is -1.15. The van der Waals surface area contributed by atoms with Crippen LogP contribution in [0.25, 0.3) is 5.69 Å². The second-order valence-electron chi connectivity index (χ2n) is 3.49. The molecule has 1 aromatic carbocycles. The van der Waals surface area contributed by atoms with Crippen LogP contribution in [-0.2, 0) is 0 Å². The van der Waals surface area contributed by atoms with E-state index in [4.69, 9.17) is 9.84 Å². The first-order valence-electron chi connectivity index (χ1n) is 5.08. The third kappa shape index (κ3) is 2.08. The summed E-state index contributed by atoms with van der Waals surface area (Å²) in [6.07, 6.45) is 0.506. The van der Waals surface area contributed by atoms with Gasteiger partial charge < -0.3 is 9.84 Å². The molecule has 0 unspecified atom stereocenters. The largest absolute Gasteiger partial charge is 0.497 e. The minimum absolute atomic E-state index is 0.0673.